The highest BCUT2D eigenvalue weighted by Crippen LogP contribution is 2.41. The third-order valence-corrected chi connectivity index (χ3v) is 7.48. The SMILES string of the molecule is CON=C(C(=O)N[C@@H]1C(=O)N2C(C(=O)O)=C(CSc3nc(=O)c(=O)[nH]n3C)CS[C@@H]12)c1coc(N)n1. The van der Waals surface area contributed by atoms with Crippen LogP contribution in [0.5, 0.6) is 0 Å². The maximum absolute atomic E-state index is 12.9. The molecule has 0 bridgehead atoms. The fraction of sp³-hybridized carbons (Fsp3) is 0.333. The van der Waals surface area contributed by atoms with Crippen molar-refractivity contribution < 1.29 is 28.7 Å². The summed E-state index contributed by atoms with van der Waals surface area (Å²) in [5.74, 6) is -2.43. The van der Waals surface area contributed by atoms with E-state index >= 15 is 0 Å². The summed E-state index contributed by atoms with van der Waals surface area (Å²) in [6.07, 6.45) is 1.10. The molecule has 4 rings (SSSR count). The molecule has 2 amide bonds. The molecule has 4 heterocycles. The van der Waals surface area contributed by atoms with Crippen LogP contribution in [-0.4, -0.2) is 83.3 Å². The molecule has 2 aliphatic rings. The summed E-state index contributed by atoms with van der Waals surface area (Å²) >= 11 is 2.28. The number of carbonyl (C=O) groups excluding carboxylic acids is 2. The summed E-state index contributed by atoms with van der Waals surface area (Å²) in [4.78, 5) is 73.9. The largest absolute Gasteiger partial charge is 0.477 e. The average molecular weight is 539 g/mol. The second kappa shape index (κ2) is 9.90. The minimum atomic E-state index is -1.32. The number of β-lactam (4-membered cyclic amide) rings is 1. The molecule has 0 aromatic carbocycles. The Morgan fingerprint density at radius 2 is 2.17 bits per heavy atom. The Kier molecular flexibility index (Phi) is 6.88. The topological polar surface area (TPSA) is 228 Å². The number of aryl methyl sites for hydroxylation is 1. The molecule has 18 heteroatoms. The molecule has 2 aromatic rings. The molecule has 1 saturated heterocycles. The highest BCUT2D eigenvalue weighted by Gasteiger charge is 2.54. The van der Waals surface area contributed by atoms with Crippen LogP contribution in [0.4, 0.5) is 6.01 Å². The van der Waals surface area contributed by atoms with E-state index in [9.17, 15) is 29.1 Å². The Bertz CT molecular complexity index is 1430. The fourth-order valence-corrected chi connectivity index (χ4v) is 5.84. The van der Waals surface area contributed by atoms with E-state index < -0.39 is 40.3 Å². The lowest BCUT2D eigenvalue weighted by atomic mass is 10.0. The van der Waals surface area contributed by atoms with Crippen molar-refractivity contribution in [1.29, 1.82) is 0 Å². The number of thioether (sulfide) groups is 2. The summed E-state index contributed by atoms with van der Waals surface area (Å²) < 4.78 is 6.12. The van der Waals surface area contributed by atoms with Crippen LogP contribution in [0.1, 0.15) is 5.69 Å². The number of anilines is 1. The van der Waals surface area contributed by atoms with Gasteiger partial charge in [-0.3, -0.25) is 33.9 Å². The van der Waals surface area contributed by atoms with Crippen LogP contribution in [0.2, 0.25) is 0 Å². The number of nitrogens with one attached hydrogen (secondary N) is 2. The predicted molar refractivity (Wildman–Crippen MR) is 125 cm³/mol. The van der Waals surface area contributed by atoms with Crippen LogP contribution in [0.3, 0.4) is 0 Å². The van der Waals surface area contributed by atoms with Gasteiger partial charge in [0.1, 0.15) is 36.2 Å². The summed E-state index contributed by atoms with van der Waals surface area (Å²) in [7, 11) is 2.70. The number of aliphatic carboxylic acids is 1. The number of aromatic amines is 1. The number of nitrogen functional groups attached to an aromatic ring is 1. The normalized spacial score (nSPS) is 19.6. The van der Waals surface area contributed by atoms with Gasteiger partial charge in [0.15, 0.2) is 10.9 Å². The summed E-state index contributed by atoms with van der Waals surface area (Å²) in [5, 5.41) is 17.7. The minimum Gasteiger partial charge on any atom is -0.477 e. The number of hydrogen-bond acceptors (Lipinski definition) is 13. The Balaban J connectivity index is 1.51. The van der Waals surface area contributed by atoms with Crippen LogP contribution in [0, 0.1) is 0 Å². The maximum atomic E-state index is 12.9. The number of fused-ring (bicyclic) bond motifs is 1. The molecule has 0 spiro atoms. The first-order chi connectivity index (χ1) is 17.1. The quantitative estimate of drug-likeness (QED) is 0.0931. The number of oxazole rings is 1. The molecule has 0 saturated carbocycles. The zero-order valence-corrected chi connectivity index (χ0v) is 20.2. The van der Waals surface area contributed by atoms with Gasteiger partial charge in [-0.05, 0) is 5.57 Å². The summed E-state index contributed by atoms with van der Waals surface area (Å²) in [6, 6.07) is -1.23. The number of carbonyl (C=O) groups is 3. The van der Waals surface area contributed by atoms with Gasteiger partial charge in [-0.1, -0.05) is 16.9 Å². The van der Waals surface area contributed by atoms with E-state index in [2.05, 4.69) is 30.4 Å². The Hall–Kier alpha value is -4.06. The molecule has 0 unspecified atom stereocenters. The van der Waals surface area contributed by atoms with E-state index in [1.807, 2.05) is 0 Å². The first-order valence-corrected chi connectivity index (χ1v) is 12.0. The standard InChI is InChI=1S/C18H18N8O8S2/c1-25-18(22-12(28)13(29)23-25)36-5-6-4-35-15-9(14(30)26(15)10(6)16(31)32)21-11(27)8(24-33-2)7-3-34-17(19)20-7/h3,9,15H,4-5H2,1-2H3,(H2,19,20)(H,21,27)(H,23,29)(H,31,32)/t9-,15+/m1/s1. The number of aromatic nitrogens is 4. The Labute approximate surface area is 208 Å². The number of rotatable bonds is 8. The van der Waals surface area contributed by atoms with Gasteiger partial charge in [0.2, 0.25) is 0 Å². The Morgan fingerprint density at radius 1 is 1.42 bits per heavy atom. The van der Waals surface area contributed by atoms with Crippen LogP contribution in [-0.2, 0) is 26.3 Å². The maximum Gasteiger partial charge on any atom is 0.352 e. The first-order valence-electron chi connectivity index (χ1n) is 9.96. The number of H-pyrrole nitrogens is 1. The first kappa shape index (κ1) is 25.0. The lowest BCUT2D eigenvalue weighted by Gasteiger charge is -2.49. The van der Waals surface area contributed by atoms with E-state index in [1.165, 1.54) is 30.6 Å². The van der Waals surface area contributed by atoms with Crippen molar-refractivity contribution in [1.82, 2.24) is 30.0 Å². The number of nitrogens with two attached hydrogens (primary N) is 1. The number of carboxylic acids is 1. The van der Waals surface area contributed by atoms with Gasteiger partial charge in [0.25, 0.3) is 17.8 Å². The van der Waals surface area contributed by atoms with E-state index in [1.54, 1.807) is 0 Å². The highest BCUT2D eigenvalue weighted by atomic mass is 32.2. The van der Waals surface area contributed by atoms with Gasteiger partial charge in [-0.25, -0.2) is 4.79 Å². The molecule has 2 aliphatic heterocycles. The molecule has 190 valence electrons. The predicted octanol–water partition coefficient (Wildman–Crippen LogP) is -2.08. The molecule has 2 aromatic heterocycles. The van der Waals surface area contributed by atoms with E-state index in [0.717, 1.165) is 22.9 Å². The van der Waals surface area contributed by atoms with Crippen molar-refractivity contribution in [2.75, 3.05) is 24.3 Å². The lowest BCUT2D eigenvalue weighted by Crippen LogP contribution is -2.71. The van der Waals surface area contributed by atoms with Crippen molar-refractivity contribution in [2.45, 2.75) is 16.6 Å². The van der Waals surface area contributed by atoms with E-state index in [-0.39, 0.29) is 39.8 Å². The van der Waals surface area contributed by atoms with Gasteiger partial charge in [-0.2, -0.15) is 9.97 Å². The van der Waals surface area contributed by atoms with Crippen LogP contribution in [0.25, 0.3) is 0 Å². The third-order valence-electron chi connectivity index (χ3n) is 5.02. The monoisotopic (exact) mass is 538 g/mol. The van der Waals surface area contributed by atoms with Crippen molar-refractivity contribution in [3.05, 3.63) is 43.9 Å². The smallest absolute Gasteiger partial charge is 0.352 e. The van der Waals surface area contributed by atoms with E-state index in [0.29, 0.717) is 5.57 Å². The molecular formula is C18H18N8O8S2. The Morgan fingerprint density at radius 3 is 2.81 bits per heavy atom. The zero-order chi connectivity index (χ0) is 26.1. The molecular weight excluding hydrogens is 520 g/mol. The van der Waals surface area contributed by atoms with Crippen LogP contribution >= 0.6 is 23.5 Å². The number of amides is 2. The second-order valence-corrected chi connectivity index (χ2v) is 9.35. The fourth-order valence-electron chi connectivity index (χ4n) is 3.44. The van der Waals surface area contributed by atoms with Crippen molar-refractivity contribution >= 4 is 53.0 Å². The summed E-state index contributed by atoms with van der Waals surface area (Å²) in [6.45, 7) is 0. The minimum absolute atomic E-state index is 0.0116. The molecule has 1 fully saturated rings. The van der Waals surface area contributed by atoms with Crippen LogP contribution in [0.15, 0.2) is 41.9 Å². The molecule has 0 aliphatic carbocycles. The zero-order valence-electron chi connectivity index (χ0n) is 18.6. The number of carboxylic acid groups (broad SMARTS) is 1. The van der Waals surface area contributed by atoms with Crippen molar-refractivity contribution in [2.24, 2.45) is 12.2 Å². The number of oxime groups is 1. The molecule has 5 N–H and O–H groups in total. The molecule has 0 radical (unpaired) electrons. The average Bonchev–Trinajstić information content (AvgIpc) is 3.27. The highest BCUT2D eigenvalue weighted by molar-refractivity contribution is 8.01. The second-order valence-electron chi connectivity index (χ2n) is 7.30. The van der Waals surface area contributed by atoms with E-state index in [4.69, 9.17) is 10.2 Å². The number of nitrogens with zero attached hydrogens (tertiary/aromatic N) is 5. The third kappa shape index (κ3) is 4.59. The van der Waals surface area contributed by atoms with Gasteiger partial charge in [-0.15, -0.1) is 11.8 Å². The van der Waals surface area contributed by atoms with Crippen LogP contribution < -0.4 is 22.2 Å². The molecule has 36 heavy (non-hydrogen) atoms. The van der Waals surface area contributed by atoms with Gasteiger partial charge >= 0.3 is 17.1 Å². The van der Waals surface area contributed by atoms with Crippen molar-refractivity contribution in [3.8, 4) is 0 Å². The van der Waals surface area contributed by atoms with Gasteiger partial charge in [0.05, 0.1) is 0 Å². The van der Waals surface area contributed by atoms with Gasteiger partial charge in [0, 0.05) is 18.6 Å². The molecule has 16 nitrogen and oxygen atoms in total. The summed E-state index contributed by atoms with van der Waals surface area (Å²) in [5.41, 5.74) is 3.48. The number of hydrogen-bond donors (Lipinski definition) is 4. The van der Waals surface area contributed by atoms with Gasteiger partial charge < -0.3 is 25.4 Å². The lowest BCUT2D eigenvalue weighted by molar-refractivity contribution is -0.150. The molecule has 2 atom stereocenters. The van der Waals surface area contributed by atoms with Crippen molar-refractivity contribution in [3.63, 3.8) is 0 Å².